The van der Waals surface area contributed by atoms with Crippen LogP contribution < -0.4 is 5.32 Å². The minimum absolute atomic E-state index is 0.277. The van der Waals surface area contributed by atoms with Crippen LogP contribution in [0, 0.1) is 0 Å². The van der Waals surface area contributed by atoms with Gasteiger partial charge in [-0.25, -0.2) is 0 Å². The van der Waals surface area contributed by atoms with Gasteiger partial charge in [0, 0.05) is 11.6 Å². The number of fused-ring (bicyclic) bond motifs is 1. The SMILES string of the molecule is Clc1cccc([C@@H]2NCCc3ccccc32)c1. The van der Waals surface area contributed by atoms with Crippen molar-refractivity contribution >= 4 is 11.6 Å². The summed E-state index contributed by atoms with van der Waals surface area (Å²) in [5.41, 5.74) is 4.06. The van der Waals surface area contributed by atoms with E-state index in [2.05, 4.69) is 35.6 Å². The maximum absolute atomic E-state index is 6.06. The monoisotopic (exact) mass is 243 g/mol. The van der Waals surface area contributed by atoms with Crippen LogP contribution in [0.1, 0.15) is 22.7 Å². The lowest BCUT2D eigenvalue weighted by molar-refractivity contribution is 0.568. The molecule has 1 aliphatic rings. The molecule has 0 bridgehead atoms. The zero-order chi connectivity index (χ0) is 11.7. The number of benzene rings is 2. The Morgan fingerprint density at radius 1 is 1.06 bits per heavy atom. The highest BCUT2D eigenvalue weighted by Gasteiger charge is 2.20. The van der Waals surface area contributed by atoms with Gasteiger partial charge in [0.25, 0.3) is 0 Å². The van der Waals surface area contributed by atoms with Gasteiger partial charge in [0.2, 0.25) is 0 Å². The predicted molar refractivity (Wildman–Crippen MR) is 71.4 cm³/mol. The van der Waals surface area contributed by atoms with E-state index in [-0.39, 0.29) is 6.04 Å². The van der Waals surface area contributed by atoms with E-state index in [1.165, 1.54) is 16.7 Å². The van der Waals surface area contributed by atoms with E-state index in [9.17, 15) is 0 Å². The third kappa shape index (κ3) is 2.08. The molecule has 0 aliphatic carbocycles. The van der Waals surface area contributed by atoms with E-state index < -0.39 is 0 Å². The highest BCUT2D eigenvalue weighted by atomic mass is 35.5. The first-order valence-electron chi connectivity index (χ1n) is 5.91. The fourth-order valence-corrected chi connectivity index (χ4v) is 2.69. The summed E-state index contributed by atoms with van der Waals surface area (Å²) < 4.78 is 0. The topological polar surface area (TPSA) is 12.0 Å². The van der Waals surface area contributed by atoms with Crippen molar-refractivity contribution in [3.8, 4) is 0 Å². The molecule has 1 heterocycles. The van der Waals surface area contributed by atoms with Crippen LogP contribution in [-0.4, -0.2) is 6.54 Å². The summed E-state index contributed by atoms with van der Waals surface area (Å²) >= 11 is 6.06. The summed E-state index contributed by atoms with van der Waals surface area (Å²) in [6.07, 6.45) is 1.10. The highest BCUT2D eigenvalue weighted by molar-refractivity contribution is 6.30. The predicted octanol–water partition coefficient (Wildman–Crippen LogP) is 3.58. The van der Waals surface area contributed by atoms with Crippen LogP contribution in [0.3, 0.4) is 0 Å². The van der Waals surface area contributed by atoms with E-state index >= 15 is 0 Å². The van der Waals surface area contributed by atoms with Crippen molar-refractivity contribution in [1.29, 1.82) is 0 Å². The lowest BCUT2D eigenvalue weighted by Crippen LogP contribution is -2.30. The summed E-state index contributed by atoms with van der Waals surface area (Å²) in [6, 6.07) is 17.0. The molecule has 1 atom stereocenters. The largest absolute Gasteiger partial charge is 0.306 e. The number of hydrogen-bond donors (Lipinski definition) is 1. The van der Waals surface area contributed by atoms with Crippen molar-refractivity contribution in [2.24, 2.45) is 0 Å². The van der Waals surface area contributed by atoms with Crippen molar-refractivity contribution in [1.82, 2.24) is 5.32 Å². The van der Waals surface area contributed by atoms with Gasteiger partial charge >= 0.3 is 0 Å². The molecule has 0 saturated carbocycles. The van der Waals surface area contributed by atoms with Gasteiger partial charge in [-0.2, -0.15) is 0 Å². The first-order chi connectivity index (χ1) is 8.34. The molecule has 0 saturated heterocycles. The Kier molecular flexibility index (Phi) is 2.87. The van der Waals surface area contributed by atoms with Gasteiger partial charge in [0.15, 0.2) is 0 Å². The molecule has 0 radical (unpaired) electrons. The molecular formula is C15H14ClN. The normalized spacial score (nSPS) is 18.8. The maximum Gasteiger partial charge on any atom is 0.0580 e. The van der Waals surface area contributed by atoms with Gasteiger partial charge in [-0.1, -0.05) is 48.0 Å². The lowest BCUT2D eigenvalue weighted by atomic mass is 9.90. The molecule has 17 heavy (non-hydrogen) atoms. The molecule has 1 N–H and O–H groups in total. The van der Waals surface area contributed by atoms with Crippen molar-refractivity contribution in [2.75, 3.05) is 6.54 Å². The van der Waals surface area contributed by atoms with Crippen LogP contribution in [-0.2, 0) is 6.42 Å². The first-order valence-corrected chi connectivity index (χ1v) is 6.29. The van der Waals surface area contributed by atoms with E-state index in [1.807, 2.05) is 18.2 Å². The van der Waals surface area contributed by atoms with Gasteiger partial charge in [0.1, 0.15) is 0 Å². The Hall–Kier alpha value is -1.31. The molecule has 2 aromatic rings. The molecule has 0 unspecified atom stereocenters. The van der Waals surface area contributed by atoms with Gasteiger partial charge in [-0.15, -0.1) is 0 Å². The van der Waals surface area contributed by atoms with E-state index in [0.29, 0.717) is 0 Å². The Labute approximate surface area is 106 Å². The number of hydrogen-bond acceptors (Lipinski definition) is 1. The van der Waals surface area contributed by atoms with Crippen LogP contribution in [0.25, 0.3) is 0 Å². The molecule has 0 aromatic heterocycles. The Morgan fingerprint density at radius 3 is 2.82 bits per heavy atom. The fourth-order valence-electron chi connectivity index (χ4n) is 2.49. The molecular weight excluding hydrogens is 230 g/mol. The smallest absolute Gasteiger partial charge is 0.0580 e. The van der Waals surface area contributed by atoms with Crippen LogP contribution in [0.5, 0.6) is 0 Å². The molecule has 3 rings (SSSR count). The zero-order valence-electron chi connectivity index (χ0n) is 9.49. The van der Waals surface area contributed by atoms with E-state index in [1.54, 1.807) is 0 Å². The number of rotatable bonds is 1. The van der Waals surface area contributed by atoms with E-state index in [4.69, 9.17) is 11.6 Å². The highest BCUT2D eigenvalue weighted by Crippen LogP contribution is 2.29. The van der Waals surface area contributed by atoms with E-state index in [0.717, 1.165) is 18.0 Å². The van der Waals surface area contributed by atoms with Crippen molar-refractivity contribution in [3.63, 3.8) is 0 Å². The third-order valence-electron chi connectivity index (χ3n) is 3.29. The van der Waals surface area contributed by atoms with Crippen molar-refractivity contribution < 1.29 is 0 Å². The zero-order valence-corrected chi connectivity index (χ0v) is 10.2. The average Bonchev–Trinajstić information content (AvgIpc) is 2.38. The summed E-state index contributed by atoms with van der Waals surface area (Å²) in [5, 5.41) is 4.36. The molecule has 0 spiro atoms. The van der Waals surface area contributed by atoms with Crippen LogP contribution >= 0.6 is 11.6 Å². The summed E-state index contributed by atoms with van der Waals surface area (Å²) in [7, 11) is 0. The Morgan fingerprint density at radius 2 is 1.94 bits per heavy atom. The van der Waals surface area contributed by atoms with Gasteiger partial charge in [0.05, 0.1) is 6.04 Å². The summed E-state index contributed by atoms with van der Waals surface area (Å²) in [6.45, 7) is 1.02. The maximum atomic E-state index is 6.06. The minimum Gasteiger partial charge on any atom is -0.306 e. The quantitative estimate of drug-likeness (QED) is 0.808. The summed E-state index contributed by atoms with van der Waals surface area (Å²) in [5.74, 6) is 0. The third-order valence-corrected chi connectivity index (χ3v) is 3.53. The Balaban J connectivity index is 2.06. The lowest BCUT2D eigenvalue weighted by Gasteiger charge is -2.27. The van der Waals surface area contributed by atoms with Crippen LogP contribution in [0.15, 0.2) is 48.5 Å². The second kappa shape index (κ2) is 4.52. The molecule has 0 fully saturated rings. The van der Waals surface area contributed by atoms with Crippen molar-refractivity contribution in [2.45, 2.75) is 12.5 Å². The average molecular weight is 244 g/mol. The van der Waals surface area contributed by atoms with Gasteiger partial charge in [-0.3, -0.25) is 0 Å². The molecule has 86 valence electrons. The molecule has 1 aliphatic heterocycles. The number of halogens is 1. The second-order valence-corrected chi connectivity index (χ2v) is 4.83. The minimum atomic E-state index is 0.277. The van der Waals surface area contributed by atoms with Crippen molar-refractivity contribution in [3.05, 3.63) is 70.2 Å². The molecule has 2 aromatic carbocycles. The molecule has 0 amide bonds. The standard InChI is InChI=1S/C15H14ClN/c16-13-6-3-5-12(10-13)15-14-7-2-1-4-11(14)8-9-17-15/h1-7,10,15,17H,8-9H2/t15-/m0/s1. The van der Waals surface area contributed by atoms with Gasteiger partial charge in [-0.05, 0) is 35.2 Å². The van der Waals surface area contributed by atoms with Crippen LogP contribution in [0.4, 0.5) is 0 Å². The second-order valence-electron chi connectivity index (χ2n) is 4.39. The van der Waals surface area contributed by atoms with Gasteiger partial charge < -0.3 is 5.32 Å². The first kappa shape index (κ1) is 10.8. The fraction of sp³-hybridized carbons (Fsp3) is 0.200. The van der Waals surface area contributed by atoms with Crippen LogP contribution in [0.2, 0.25) is 5.02 Å². The Bertz CT molecular complexity index is 536. The summed E-state index contributed by atoms with van der Waals surface area (Å²) in [4.78, 5) is 0. The molecule has 2 heteroatoms. The number of nitrogens with one attached hydrogen (secondary N) is 1. The molecule has 1 nitrogen and oxygen atoms in total.